The Kier molecular flexibility index (Phi) is 6.16. The Hall–Kier alpha value is -0.870. The van der Waals surface area contributed by atoms with Gasteiger partial charge >= 0.3 is 8.25 Å². The fraction of sp³-hybridized carbons (Fsp3) is 0.143. The number of hydrogen-bond donors (Lipinski definition) is 4. The van der Waals surface area contributed by atoms with E-state index in [-0.39, 0.29) is 0 Å². The molecule has 5 N–H and O–H groups in total. The first-order chi connectivity index (χ1) is 6.47. The van der Waals surface area contributed by atoms with Crippen LogP contribution in [0.2, 0.25) is 5.02 Å². The summed E-state index contributed by atoms with van der Waals surface area (Å²) in [4.78, 5) is 14.2. The van der Waals surface area contributed by atoms with Crippen molar-refractivity contribution in [3.05, 3.63) is 23.2 Å². The molecule has 0 saturated heterocycles. The lowest BCUT2D eigenvalue weighted by Crippen LogP contribution is -1.94. The van der Waals surface area contributed by atoms with Gasteiger partial charge in [-0.05, 0) is 18.2 Å². The molecule has 0 atom stereocenters. The summed E-state index contributed by atoms with van der Waals surface area (Å²) in [5, 5.41) is 3.60. The first kappa shape index (κ1) is 13.1. The number of nitrogens with two attached hydrogens (primary N) is 1. The van der Waals surface area contributed by atoms with Gasteiger partial charge in [0.15, 0.2) is 0 Å². The number of anilines is 2. The highest BCUT2D eigenvalue weighted by atomic mass is 35.5. The minimum atomic E-state index is -2.87. The molecule has 5 nitrogen and oxygen atoms in total. The molecule has 0 saturated carbocycles. The van der Waals surface area contributed by atoms with Crippen molar-refractivity contribution in [3.8, 4) is 0 Å². The van der Waals surface area contributed by atoms with Crippen molar-refractivity contribution >= 4 is 31.2 Å². The molecule has 1 rings (SSSR count). The van der Waals surface area contributed by atoms with Gasteiger partial charge in [-0.3, -0.25) is 0 Å². The van der Waals surface area contributed by atoms with Crippen molar-refractivity contribution in [1.29, 1.82) is 0 Å². The zero-order valence-corrected chi connectivity index (χ0v) is 9.09. The lowest BCUT2D eigenvalue weighted by atomic mass is 10.3. The molecule has 14 heavy (non-hydrogen) atoms. The predicted octanol–water partition coefficient (Wildman–Crippen LogP) is 1.59. The van der Waals surface area contributed by atoms with E-state index in [1.165, 1.54) is 0 Å². The number of hydrogen-bond acceptors (Lipinski definition) is 3. The van der Waals surface area contributed by atoms with E-state index in [1.807, 2.05) is 13.1 Å². The molecule has 0 aliphatic carbocycles. The third-order valence-electron chi connectivity index (χ3n) is 1.28. The van der Waals surface area contributed by atoms with Gasteiger partial charge in [0.1, 0.15) is 0 Å². The summed E-state index contributed by atoms with van der Waals surface area (Å²) in [6.45, 7) is 0. The Balaban J connectivity index is 0.000000364. The molecule has 7 heteroatoms. The summed E-state index contributed by atoms with van der Waals surface area (Å²) in [5.41, 5.74) is 7.17. The molecule has 0 bridgehead atoms. The van der Waals surface area contributed by atoms with Crippen LogP contribution in [0.5, 0.6) is 0 Å². The SMILES string of the molecule is CNc1ccc(Cl)cc1N.O=[P+](O)O. The maximum atomic E-state index is 8.70. The topological polar surface area (TPSA) is 95.6 Å². The van der Waals surface area contributed by atoms with Crippen LogP contribution in [0.4, 0.5) is 11.4 Å². The van der Waals surface area contributed by atoms with Crippen LogP contribution in [0.15, 0.2) is 18.2 Å². The van der Waals surface area contributed by atoms with Gasteiger partial charge in [0, 0.05) is 16.6 Å². The van der Waals surface area contributed by atoms with Gasteiger partial charge in [-0.25, -0.2) is 0 Å². The molecule has 1 aromatic carbocycles. The quantitative estimate of drug-likeness (QED) is 0.439. The lowest BCUT2D eigenvalue weighted by Gasteiger charge is -2.03. The number of nitrogens with one attached hydrogen (secondary N) is 1. The summed E-state index contributed by atoms with van der Waals surface area (Å²) in [7, 11) is -1.05. The van der Waals surface area contributed by atoms with Crippen LogP contribution >= 0.6 is 19.9 Å². The third kappa shape index (κ3) is 5.72. The van der Waals surface area contributed by atoms with E-state index in [4.69, 9.17) is 31.7 Å². The molecule has 0 spiro atoms. The van der Waals surface area contributed by atoms with Gasteiger partial charge in [0.2, 0.25) is 0 Å². The second kappa shape index (κ2) is 6.56. The van der Waals surface area contributed by atoms with Crippen molar-refractivity contribution in [1.82, 2.24) is 0 Å². The second-order valence-corrected chi connectivity index (χ2v) is 3.18. The summed E-state index contributed by atoms with van der Waals surface area (Å²) in [6.07, 6.45) is 0. The van der Waals surface area contributed by atoms with Crippen molar-refractivity contribution < 1.29 is 14.4 Å². The maximum Gasteiger partial charge on any atom is 0.692 e. The van der Waals surface area contributed by atoms with Crippen LogP contribution in [0.25, 0.3) is 0 Å². The standard InChI is InChI=1S/C7H9ClN2.HO3P/c1-10-7-3-2-5(8)4-6(7)9;1-4(2)3/h2-4,10H,9H2,1H3;(H-,1,2,3)/p+1. The van der Waals surface area contributed by atoms with Crippen LogP contribution in [-0.2, 0) is 4.57 Å². The maximum absolute atomic E-state index is 8.70. The van der Waals surface area contributed by atoms with E-state index in [9.17, 15) is 0 Å². The van der Waals surface area contributed by atoms with Gasteiger partial charge in [-0.15, -0.1) is 9.79 Å². The zero-order chi connectivity index (χ0) is 11.1. The molecule has 0 fully saturated rings. The molecule has 78 valence electrons. The molecule has 0 amide bonds. The monoisotopic (exact) mass is 237 g/mol. The van der Waals surface area contributed by atoms with Crippen molar-refractivity contribution in [2.45, 2.75) is 0 Å². The fourth-order valence-corrected chi connectivity index (χ4v) is 0.942. The van der Waals surface area contributed by atoms with E-state index in [1.54, 1.807) is 12.1 Å². The van der Waals surface area contributed by atoms with Gasteiger partial charge < -0.3 is 11.1 Å². The summed E-state index contributed by atoms with van der Waals surface area (Å²) >= 11 is 5.67. The highest BCUT2D eigenvalue weighted by Gasteiger charge is 1.94. The Bertz CT molecular complexity index is 318. The minimum Gasteiger partial charge on any atom is -0.397 e. The molecule has 0 aromatic heterocycles. The smallest absolute Gasteiger partial charge is 0.397 e. The van der Waals surface area contributed by atoms with E-state index in [0.717, 1.165) is 5.69 Å². The number of rotatable bonds is 1. The van der Waals surface area contributed by atoms with E-state index < -0.39 is 8.25 Å². The Morgan fingerprint density at radius 2 is 2.00 bits per heavy atom. The van der Waals surface area contributed by atoms with Crippen LogP contribution in [0, 0.1) is 0 Å². The van der Waals surface area contributed by atoms with Crippen LogP contribution in [-0.4, -0.2) is 16.8 Å². The highest BCUT2D eigenvalue weighted by Crippen LogP contribution is 2.21. The molecule has 0 unspecified atom stereocenters. The first-order valence-corrected chi connectivity index (χ1v) is 5.09. The van der Waals surface area contributed by atoms with Crippen LogP contribution in [0.1, 0.15) is 0 Å². The Morgan fingerprint density at radius 3 is 2.36 bits per heavy atom. The largest absolute Gasteiger partial charge is 0.692 e. The molecular weight excluding hydrogens is 227 g/mol. The van der Waals surface area contributed by atoms with E-state index >= 15 is 0 Å². The third-order valence-corrected chi connectivity index (χ3v) is 1.52. The van der Waals surface area contributed by atoms with Crippen LogP contribution in [0.3, 0.4) is 0 Å². The van der Waals surface area contributed by atoms with Gasteiger partial charge in [-0.2, -0.15) is 0 Å². The van der Waals surface area contributed by atoms with Crippen LogP contribution < -0.4 is 11.1 Å². The fourth-order valence-electron chi connectivity index (χ4n) is 0.761. The molecule has 0 heterocycles. The number of benzene rings is 1. The van der Waals surface area contributed by atoms with Gasteiger partial charge in [-0.1, -0.05) is 11.6 Å². The Labute approximate surface area is 87.5 Å². The Morgan fingerprint density at radius 1 is 1.50 bits per heavy atom. The number of nitrogen functional groups attached to an aromatic ring is 1. The van der Waals surface area contributed by atoms with Crippen molar-refractivity contribution in [2.24, 2.45) is 0 Å². The van der Waals surface area contributed by atoms with E-state index in [2.05, 4.69) is 5.32 Å². The molecule has 0 radical (unpaired) electrons. The van der Waals surface area contributed by atoms with Crippen molar-refractivity contribution in [2.75, 3.05) is 18.1 Å². The van der Waals surface area contributed by atoms with Gasteiger partial charge in [0.05, 0.1) is 11.4 Å². The minimum absolute atomic E-state index is 0.663. The molecule has 0 aliphatic rings. The lowest BCUT2D eigenvalue weighted by molar-refractivity contribution is 0.405. The van der Waals surface area contributed by atoms with E-state index in [0.29, 0.717) is 10.7 Å². The highest BCUT2D eigenvalue weighted by molar-refractivity contribution is 7.30. The summed E-state index contributed by atoms with van der Waals surface area (Å²) in [5.74, 6) is 0. The summed E-state index contributed by atoms with van der Waals surface area (Å²) < 4.78 is 8.70. The predicted molar refractivity (Wildman–Crippen MR) is 57.5 cm³/mol. The average Bonchev–Trinajstić information content (AvgIpc) is 2.03. The van der Waals surface area contributed by atoms with Crippen molar-refractivity contribution in [3.63, 3.8) is 0 Å². The summed E-state index contributed by atoms with van der Waals surface area (Å²) in [6, 6.07) is 5.36. The van der Waals surface area contributed by atoms with Gasteiger partial charge in [0.25, 0.3) is 0 Å². The second-order valence-electron chi connectivity index (χ2n) is 2.23. The molecule has 1 aromatic rings. The first-order valence-electron chi connectivity index (χ1n) is 3.55. The zero-order valence-electron chi connectivity index (χ0n) is 7.44. The normalized spacial score (nSPS) is 8.57. The molecule has 0 aliphatic heterocycles. The average molecular weight is 238 g/mol. The molecular formula is C7H11ClN2O3P+. The number of halogens is 1.